The number of carbonyl (C=O) groups is 2. The van der Waals surface area contributed by atoms with Gasteiger partial charge in [0.2, 0.25) is 5.95 Å². The number of piperidine rings is 1. The summed E-state index contributed by atoms with van der Waals surface area (Å²) in [4.78, 5) is 37.9. The Hall–Kier alpha value is -3.48. The van der Waals surface area contributed by atoms with E-state index in [1.54, 1.807) is 0 Å². The average Bonchev–Trinajstić information content (AvgIpc) is 3.43. The second kappa shape index (κ2) is 10.6. The molecule has 2 aromatic rings. The molecule has 39 heavy (non-hydrogen) atoms. The molecule has 1 saturated heterocycles. The Labute approximate surface area is 223 Å². The number of anilines is 4. The average molecular weight is 550 g/mol. The van der Waals surface area contributed by atoms with E-state index in [0.717, 1.165) is 30.8 Å². The Morgan fingerprint density at radius 2 is 1.74 bits per heavy atom. The number of benzene rings is 1. The maximum Gasteiger partial charge on any atom is 0.342 e. The van der Waals surface area contributed by atoms with Gasteiger partial charge in [0, 0.05) is 19.1 Å². The normalized spacial score (nSPS) is 20.6. The minimum atomic E-state index is -3.63. The van der Waals surface area contributed by atoms with Crippen molar-refractivity contribution in [3.05, 3.63) is 35.5 Å². The van der Waals surface area contributed by atoms with Gasteiger partial charge in [-0.3, -0.25) is 9.59 Å². The lowest BCUT2D eigenvalue weighted by Gasteiger charge is -2.31. The summed E-state index contributed by atoms with van der Waals surface area (Å²) in [5.41, 5.74) is -0.643. The number of amides is 2. The third-order valence-electron chi connectivity index (χ3n) is 7.76. The van der Waals surface area contributed by atoms with Gasteiger partial charge in [0.1, 0.15) is 5.69 Å². The molecule has 0 bridgehead atoms. The smallest absolute Gasteiger partial charge is 0.342 e. The number of alkyl halides is 2. The Bertz CT molecular complexity index is 1260. The lowest BCUT2D eigenvalue weighted by molar-refractivity contribution is -0.140. The van der Waals surface area contributed by atoms with Crippen molar-refractivity contribution >= 4 is 35.0 Å². The van der Waals surface area contributed by atoms with Gasteiger partial charge in [-0.25, -0.2) is 13.8 Å². The van der Waals surface area contributed by atoms with Crippen molar-refractivity contribution in [2.75, 3.05) is 48.8 Å². The van der Waals surface area contributed by atoms with Crippen LogP contribution in [-0.4, -0.2) is 78.4 Å². The van der Waals surface area contributed by atoms with Crippen molar-refractivity contribution in [1.29, 1.82) is 0 Å². The van der Waals surface area contributed by atoms with E-state index in [4.69, 9.17) is 0 Å². The molecule has 5 rings (SSSR count). The molecule has 1 aromatic heterocycles. The predicted octanol–water partition coefficient (Wildman–Crippen LogP) is 3.68. The zero-order valence-electron chi connectivity index (χ0n) is 21.8. The molecule has 2 aliphatic heterocycles. The number of halogens is 4. The summed E-state index contributed by atoms with van der Waals surface area (Å²) < 4.78 is 59.5. The summed E-state index contributed by atoms with van der Waals surface area (Å²) in [6, 6.07) is 2.01. The van der Waals surface area contributed by atoms with Gasteiger partial charge in [0.05, 0.1) is 24.0 Å². The summed E-state index contributed by atoms with van der Waals surface area (Å²) in [7, 11) is 3.21. The van der Waals surface area contributed by atoms with Gasteiger partial charge in [0.25, 0.3) is 11.8 Å². The number of hydrogen-bond donors (Lipinski definition) is 2. The van der Waals surface area contributed by atoms with E-state index in [9.17, 15) is 22.8 Å². The second-order valence-electron chi connectivity index (χ2n) is 10.5. The molecule has 0 unspecified atom stereocenters. The van der Waals surface area contributed by atoms with E-state index >= 15 is 4.39 Å². The molecule has 0 radical (unpaired) electrons. The summed E-state index contributed by atoms with van der Waals surface area (Å²) in [6.07, 6.45) is 5.71. The van der Waals surface area contributed by atoms with Gasteiger partial charge in [-0.2, -0.15) is 13.8 Å². The van der Waals surface area contributed by atoms with E-state index in [1.165, 1.54) is 30.3 Å². The third-order valence-corrected chi connectivity index (χ3v) is 7.76. The molecular formula is C26H31F4N7O2. The molecule has 3 aliphatic rings. The SMILES string of the molecule is CN1CCC(NC(=O)c2ccc(Nc3ncc4c(n3)N(C3CCCC3)CC(F)(F)C(=O)N4C)c(F)c2F)CC1. The Morgan fingerprint density at radius 3 is 2.44 bits per heavy atom. The van der Waals surface area contributed by atoms with Crippen LogP contribution < -0.4 is 20.4 Å². The third kappa shape index (κ3) is 5.36. The number of fused-ring (bicyclic) bond motifs is 1. The van der Waals surface area contributed by atoms with Crippen molar-refractivity contribution in [2.24, 2.45) is 0 Å². The van der Waals surface area contributed by atoms with E-state index in [1.807, 2.05) is 7.05 Å². The number of hydrogen-bond acceptors (Lipinski definition) is 7. The number of rotatable bonds is 5. The van der Waals surface area contributed by atoms with E-state index in [2.05, 4.69) is 25.5 Å². The van der Waals surface area contributed by atoms with Crippen molar-refractivity contribution in [2.45, 2.75) is 56.5 Å². The highest BCUT2D eigenvalue weighted by Crippen LogP contribution is 2.39. The number of nitrogens with zero attached hydrogens (tertiary/aromatic N) is 5. The first-order valence-electron chi connectivity index (χ1n) is 13.1. The first-order valence-corrected chi connectivity index (χ1v) is 13.1. The van der Waals surface area contributed by atoms with Crippen LogP contribution in [0, 0.1) is 11.6 Å². The van der Waals surface area contributed by atoms with E-state index in [-0.39, 0.29) is 35.2 Å². The zero-order chi connectivity index (χ0) is 27.9. The molecule has 1 aromatic carbocycles. The first kappa shape index (κ1) is 27.1. The molecule has 210 valence electrons. The van der Waals surface area contributed by atoms with E-state index < -0.39 is 41.5 Å². The van der Waals surface area contributed by atoms with Gasteiger partial charge in [-0.15, -0.1) is 0 Å². The highest BCUT2D eigenvalue weighted by Gasteiger charge is 2.48. The summed E-state index contributed by atoms with van der Waals surface area (Å²) in [6.45, 7) is 0.755. The maximum absolute atomic E-state index is 15.0. The molecule has 3 heterocycles. The van der Waals surface area contributed by atoms with Crippen LogP contribution in [0.1, 0.15) is 48.9 Å². The Balaban J connectivity index is 1.40. The highest BCUT2D eigenvalue weighted by molar-refractivity contribution is 6.02. The van der Waals surface area contributed by atoms with Crippen LogP contribution in [0.5, 0.6) is 0 Å². The van der Waals surface area contributed by atoms with Crippen molar-refractivity contribution in [3.8, 4) is 0 Å². The lowest BCUT2D eigenvalue weighted by Crippen LogP contribution is -2.48. The highest BCUT2D eigenvalue weighted by atomic mass is 19.3. The molecule has 1 saturated carbocycles. The number of nitrogens with one attached hydrogen (secondary N) is 2. The van der Waals surface area contributed by atoms with Crippen molar-refractivity contribution < 1.29 is 27.2 Å². The molecular weight excluding hydrogens is 518 g/mol. The topological polar surface area (TPSA) is 93.7 Å². The summed E-state index contributed by atoms with van der Waals surface area (Å²) in [5.74, 6) is -8.36. The van der Waals surface area contributed by atoms with Crippen LogP contribution in [0.3, 0.4) is 0 Å². The fourth-order valence-electron chi connectivity index (χ4n) is 5.46. The molecule has 2 fully saturated rings. The molecule has 0 atom stereocenters. The monoisotopic (exact) mass is 549 g/mol. The van der Waals surface area contributed by atoms with Crippen LogP contribution in [0.15, 0.2) is 18.3 Å². The molecule has 0 spiro atoms. The van der Waals surface area contributed by atoms with Crippen LogP contribution in [-0.2, 0) is 4.79 Å². The van der Waals surface area contributed by atoms with Crippen LogP contribution in [0.25, 0.3) is 0 Å². The largest absolute Gasteiger partial charge is 0.349 e. The Kier molecular flexibility index (Phi) is 7.36. The predicted molar refractivity (Wildman–Crippen MR) is 138 cm³/mol. The summed E-state index contributed by atoms with van der Waals surface area (Å²) in [5, 5.41) is 5.36. The van der Waals surface area contributed by atoms with Crippen molar-refractivity contribution in [1.82, 2.24) is 20.2 Å². The quantitative estimate of drug-likeness (QED) is 0.550. The first-order chi connectivity index (χ1) is 18.5. The molecule has 13 heteroatoms. The molecule has 2 amide bonds. The van der Waals surface area contributed by atoms with E-state index in [0.29, 0.717) is 25.7 Å². The van der Waals surface area contributed by atoms with Crippen LogP contribution >= 0.6 is 0 Å². The summed E-state index contributed by atoms with van der Waals surface area (Å²) >= 11 is 0. The lowest BCUT2D eigenvalue weighted by atomic mass is 10.0. The van der Waals surface area contributed by atoms with Gasteiger partial charge in [0.15, 0.2) is 17.5 Å². The van der Waals surface area contributed by atoms with Crippen LogP contribution in [0.2, 0.25) is 0 Å². The number of likely N-dealkylation sites (tertiary alicyclic amines) is 1. The minimum absolute atomic E-state index is 0.0993. The van der Waals surface area contributed by atoms with Crippen LogP contribution in [0.4, 0.5) is 40.7 Å². The standard InChI is InChI=1S/C26H31F4N7O2/c1-35-11-9-15(10-12-35)32-23(38)17-7-8-18(21(28)20(17)27)33-25-31-13-19-22(34-25)37(16-5-3-4-6-16)14-26(29,30)24(39)36(19)2/h7-8,13,15-16H,3-6,9-12,14H2,1-2H3,(H,32,38)(H,31,33,34). The number of carbonyl (C=O) groups excluding carboxylic acids is 2. The fourth-order valence-corrected chi connectivity index (χ4v) is 5.46. The van der Waals surface area contributed by atoms with Gasteiger partial charge >= 0.3 is 5.92 Å². The van der Waals surface area contributed by atoms with Gasteiger partial charge in [-0.05, 0) is 58.0 Å². The van der Waals surface area contributed by atoms with Gasteiger partial charge in [-0.1, -0.05) is 12.8 Å². The van der Waals surface area contributed by atoms with Gasteiger partial charge < -0.3 is 25.3 Å². The zero-order valence-corrected chi connectivity index (χ0v) is 21.8. The molecule has 1 aliphatic carbocycles. The molecule has 2 N–H and O–H groups in total. The molecule has 9 nitrogen and oxygen atoms in total. The minimum Gasteiger partial charge on any atom is -0.349 e. The maximum atomic E-state index is 15.0. The van der Waals surface area contributed by atoms with Crippen molar-refractivity contribution in [3.63, 3.8) is 0 Å². The Morgan fingerprint density at radius 1 is 1.05 bits per heavy atom. The fraction of sp³-hybridized carbons (Fsp3) is 0.538. The second-order valence-corrected chi connectivity index (χ2v) is 10.5. The number of aromatic nitrogens is 2.